The molecule has 2 aromatic carbocycles. The first-order valence-electron chi connectivity index (χ1n) is 8.87. The van der Waals surface area contributed by atoms with E-state index < -0.39 is 11.9 Å². The second-order valence-corrected chi connectivity index (χ2v) is 7.00. The standard InChI is InChI=1S/C19H20ClN3O.C2H2O4/c1-12-4-5-14(8-13(12)2)17-11-22-19(23(17)3)21-10-15-9-16(20)6-7-18(15)24;3-1(4)2(5)6/h4-9,11,24H,10H2,1-3H3,(H,21,22);(H,3,4)(H,5,6). The monoisotopic (exact) mass is 431 g/mol. The number of phenols is 1. The van der Waals surface area contributed by atoms with Crippen molar-refractivity contribution in [1.82, 2.24) is 9.55 Å². The van der Waals surface area contributed by atoms with Gasteiger partial charge in [0.25, 0.3) is 0 Å². The molecule has 0 bridgehead atoms. The number of aromatic hydroxyl groups is 1. The molecule has 0 saturated carbocycles. The zero-order chi connectivity index (χ0) is 22.4. The van der Waals surface area contributed by atoms with Crippen molar-refractivity contribution >= 4 is 29.5 Å². The van der Waals surface area contributed by atoms with E-state index in [4.69, 9.17) is 31.4 Å². The Morgan fingerprint density at radius 2 is 1.73 bits per heavy atom. The molecule has 158 valence electrons. The number of nitrogens with zero attached hydrogens (tertiary/aromatic N) is 2. The van der Waals surface area contributed by atoms with E-state index in [2.05, 4.69) is 42.3 Å². The van der Waals surface area contributed by atoms with Crippen LogP contribution in [0.4, 0.5) is 5.95 Å². The summed E-state index contributed by atoms with van der Waals surface area (Å²) in [4.78, 5) is 22.6. The molecule has 0 atom stereocenters. The largest absolute Gasteiger partial charge is 0.508 e. The highest BCUT2D eigenvalue weighted by molar-refractivity contribution is 6.30. The third-order valence-corrected chi connectivity index (χ3v) is 4.69. The Bertz CT molecular complexity index is 1070. The minimum atomic E-state index is -1.82. The van der Waals surface area contributed by atoms with E-state index >= 15 is 0 Å². The topological polar surface area (TPSA) is 125 Å². The number of benzene rings is 2. The van der Waals surface area contributed by atoms with Gasteiger partial charge in [0.05, 0.1) is 11.9 Å². The summed E-state index contributed by atoms with van der Waals surface area (Å²) in [5.74, 6) is -2.69. The number of carbonyl (C=O) groups is 2. The van der Waals surface area contributed by atoms with Crippen LogP contribution in [0, 0.1) is 13.8 Å². The molecule has 3 rings (SSSR count). The van der Waals surface area contributed by atoms with Crippen molar-refractivity contribution in [2.75, 3.05) is 5.32 Å². The van der Waals surface area contributed by atoms with Crippen LogP contribution < -0.4 is 5.32 Å². The van der Waals surface area contributed by atoms with Gasteiger partial charge in [0.1, 0.15) is 5.75 Å². The molecule has 30 heavy (non-hydrogen) atoms. The highest BCUT2D eigenvalue weighted by Gasteiger charge is 2.10. The molecule has 0 aliphatic carbocycles. The quantitative estimate of drug-likeness (QED) is 0.462. The van der Waals surface area contributed by atoms with Crippen molar-refractivity contribution in [1.29, 1.82) is 0 Å². The lowest BCUT2D eigenvalue weighted by Gasteiger charge is -2.10. The molecule has 0 radical (unpaired) electrons. The van der Waals surface area contributed by atoms with E-state index in [0.29, 0.717) is 11.6 Å². The van der Waals surface area contributed by atoms with Gasteiger partial charge >= 0.3 is 11.9 Å². The van der Waals surface area contributed by atoms with Gasteiger partial charge in [-0.2, -0.15) is 0 Å². The van der Waals surface area contributed by atoms with Crippen LogP contribution in [-0.2, 0) is 23.2 Å². The van der Waals surface area contributed by atoms with Crippen molar-refractivity contribution < 1.29 is 24.9 Å². The van der Waals surface area contributed by atoms with Gasteiger partial charge in [-0.1, -0.05) is 23.7 Å². The number of carboxylic acid groups (broad SMARTS) is 2. The van der Waals surface area contributed by atoms with Crippen LogP contribution in [0.3, 0.4) is 0 Å². The predicted octanol–water partition coefficient (Wildman–Crippen LogP) is 3.83. The number of rotatable bonds is 4. The van der Waals surface area contributed by atoms with Gasteiger partial charge in [0.15, 0.2) is 0 Å². The average Bonchev–Trinajstić information content (AvgIpc) is 3.05. The summed E-state index contributed by atoms with van der Waals surface area (Å²) in [6.07, 6.45) is 1.85. The number of anilines is 1. The van der Waals surface area contributed by atoms with Gasteiger partial charge in [0.2, 0.25) is 5.95 Å². The minimum Gasteiger partial charge on any atom is -0.508 e. The highest BCUT2D eigenvalue weighted by atomic mass is 35.5. The van der Waals surface area contributed by atoms with E-state index in [1.807, 2.05) is 17.8 Å². The van der Waals surface area contributed by atoms with E-state index in [-0.39, 0.29) is 5.75 Å². The number of hydrogen-bond donors (Lipinski definition) is 4. The smallest absolute Gasteiger partial charge is 0.414 e. The number of carboxylic acids is 2. The molecule has 0 spiro atoms. The number of phenolic OH excluding ortho intramolecular Hbond substituents is 1. The zero-order valence-corrected chi connectivity index (χ0v) is 17.4. The Labute approximate surface area is 178 Å². The second kappa shape index (κ2) is 9.80. The molecule has 0 unspecified atom stereocenters. The first kappa shape index (κ1) is 22.8. The molecule has 8 nitrogen and oxygen atoms in total. The molecule has 0 saturated heterocycles. The molecule has 0 aliphatic rings. The van der Waals surface area contributed by atoms with E-state index in [0.717, 1.165) is 22.8 Å². The van der Waals surface area contributed by atoms with Gasteiger partial charge in [-0.25, -0.2) is 14.6 Å². The minimum absolute atomic E-state index is 0.218. The van der Waals surface area contributed by atoms with Crippen LogP contribution >= 0.6 is 11.6 Å². The van der Waals surface area contributed by atoms with Crippen molar-refractivity contribution in [3.63, 3.8) is 0 Å². The molecule has 0 aliphatic heterocycles. The lowest BCUT2D eigenvalue weighted by atomic mass is 10.0. The molecule has 1 aromatic heterocycles. The number of aryl methyl sites for hydroxylation is 2. The Morgan fingerprint density at radius 3 is 2.33 bits per heavy atom. The third-order valence-electron chi connectivity index (χ3n) is 4.45. The van der Waals surface area contributed by atoms with Crippen LogP contribution in [0.5, 0.6) is 5.75 Å². The predicted molar refractivity (Wildman–Crippen MR) is 114 cm³/mol. The third kappa shape index (κ3) is 5.74. The highest BCUT2D eigenvalue weighted by Crippen LogP contribution is 2.26. The zero-order valence-electron chi connectivity index (χ0n) is 16.7. The Morgan fingerprint density at radius 1 is 1.07 bits per heavy atom. The summed E-state index contributed by atoms with van der Waals surface area (Å²) < 4.78 is 2.01. The average molecular weight is 432 g/mol. The van der Waals surface area contributed by atoms with Crippen LogP contribution in [0.1, 0.15) is 16.7 Å². The lowest BCUT2D eigenvalue weighted by Crippen LogP contribution is -2.09. The fourth-order valence-corrected chi connectivity index (χ4v) is 2.81. The molecular formula is C21H22ClN3O5. The number of nitrogens with one attached hydrogen (secondary N) is 1. The second-order valence-electron chi connectivity index (χ2n) is 6.56. The Kier molecular flexibility index (Phi) is 7.43. The van der Waals surface area contributed by atoms with Gasteiger partial charge in [-0.05, 0) is 49.2 Å². The lowest BCUT2D eigenvalue weighted by molar-refractivity contribution is -0.159. The first-order valence-corrected chi connectivity index (χ1v) is 9.24. The van der Waals surface area contributed by atoms with Gasteiger partial charge < -0.3 is 25.2 Å². The fourth-order valence-electron chi connectivity index (χ4n) is 2.61. The summed E-state index contributed by atoms with van der Waals surface area (Å²) in [6.45, 7) is 4.66. The number of halogens is 1. The summed E-state index contributed by atoms with van der Waals surface area (Å²) in [6, 6.07) is 11.4. The molecule has 0 fully saturated rings. The number of imidazole rings is 1. The maximum absolute atomic E-state index is 9.90. The van der Waals surface area contributed by atoms with Gasteiger partial charge in [0, 0.05) is 29.7 Å². The van der Waals surface area contributed by atoms with Crippen molar-refractivity contribution in [2.45, 2.75) is 20.4 Å². The summed E-state index contributed by atoms with van der Waals surface area (Å²) in [7, 11) is 1.97. The molecule has 9 heteroatoms. The van der Waals surface area contributed by atoms with Crippen LogP contribution in [0.25, 0.3) is 11.3 Å². The molecule has 0 amide bonds. The Hall–Kier alpha value is -3.52. The fraction of sp³-hybridized carbons (Fsp3) is 0.190. The van der Waals surface area contributed by atoms with Crippen molar-refractivity contribution in [2.24, 2.45) is 7.05 Å². The number of aliphatic carboxylic acids is 2. The maximum Gasteiger partial charge on any atom is 0.414 e. The number of hydrogen-bond acceptors (Lipinski definition) is 5. The molecular weight excluding hydrogens is 410 g/mol. The van der Waals surface area contributed by atoms with Gasteiger partial charge in [-0.3, -0.25) is 0 Å². The van der Waals surface area contributed by atoms with Gasteiger partial charge in [-0.15, -0.1) is 0 Å². The summed E-state index contributed by atoms with van der Waals surface area (Å²) >= 11 is 5.98. The summed E-state index contributed by atoms with van der Waals surface area (Å²) in [5, 5.41) is 28.5. The van der Waals surface area contributed by atoms with E-state index in [1.165, 1.54) is 11.1 Å². The molecule has 4 N–H and O–H groups in total. The number of aromatic nitrogens is 2. The van der Waals surface area contributed by atoms with Crippen molar-refractivity contribution in [3.8, 4) is 17.0 Å². The first-order chi connectivity index (χ1) is 14.1. The van der Waals surface area contributed by atoms with E-state index in [9.17, 15) is 5.11 Å². The SMILES string of the molecule is Cc1ccc(-c2cnc(NCc3cc(Cl)ccc3O)n2C)cc1C.O=C(O)C(=O)O. The summed E-state index contributed by atoms with van der Waals surface area (Å²) in [5.41, 5.74) is 5.43. The van der Waals surface area contributed by atoms with Crippen molar-refractivity contribution in [3.05, 3.63) is 64.3 Å². The maximum atomic E-state index is 9.90. The molecule has 3 aromatic rings. The van der Waals surface area contributed by atoms with Crippen LogP contribution in [0.2, 0.25) is 5.02 Å². The van der Waals surface area contributed by atoms with Crippen LogP contribution in [-0.4, -0.2) is 36.8 Å². The molecule has 1 heterocycles. The Balaban J connectivity index is 0.000000469. The van der Waals surface area contributed by atoms with Crippen LogP contribution in [0.15, 0.2) is 42.6 Å². The van der Waals surface area contributed by atoms with E-state index in [1.54, 1.807) is 18.2 Å². The normalized spacial score (nSPS) is 10.1.